The van der Waals surface area contributed by atoms with Crippen LogP contribution >= 0.6 is 0 Å². The highest BCUT2D eigenvalue weighted by molar-refractivity contribution is 5.76. The minimum absolute atomic E-state index is 0.254. The van der Waals surface area contributed by atoms with Crippen molar-refractivity contribution in [2.45, 2.75) is 38.6 Å². The van der Waals surface area contributed by atoms with E-state index in [0.717, 1.165) is 56.8 Å². The number of piperidine rings is 1. The summed E-state index contributed by atoms with van der Waals surface area (Å²) >= 11 is 0. The van der Waals surface area contributed by atoms with Crippen molar-refractivity contribution < 1.29 is 4.79 Å². The number of anilines is 1. The second-order valence-corrected chi connectivity index (χ2v) is 6.53. The molecule has 0 aromatic carbocycles. The molecule has 0 unspecified atom stereocenters. The Morgan fingerprint density at radius 2 is 2.20 bits per heavy atom. The van der Waals surface area contributed by atoms with E-state index in [4.69, 9.17) is 0 Å². The van der Waals surface area contributed by atoms with Crippen molar-refractivity contribution in [1.82, 2.24) is 24.6 Å². The first kappa shape index (κ1) is 17.4. The highest BCUT2D eigenvalue weighted by atomic mass is 16.2. The Kier molecular flexibility index (Phi) is 5.98. The molecule has 1 amide bonds. The second-order valence-electron chi connectivity index (χ2n) is 6.53. The molecule has 7 nitrogen and oxygen atoms in total. The first-order valence-corrected chi connectivity index (χ1v) is 8.99. The van der Waals surface area contributed by atoms with Gasteiger partial charge in [0.1, 0.15) is 5.82 Å². The zero-order chi connectivity index (χ0) is 17.5. The fourth-order valence-electron chi connectivity index (χ4n) is 3.44. The normalized spacial score (nSPS) is 17.5. The quantitative estimate of drug-likeness (QED) is 0.833. The summed E-state index contributed by atoms with van der Waals surface area (Å²) in [7, 11) is 1.86. The number of rotatable bonds is 7. The molecule has 1 atom stereocenters. The first-order chi connectivity index (χ1) is 12.3. The minimum atomic E-state index is 0.254. The highest BCUT2D eigenvalue weighted by Crippen LogP contribution is 2.23. The maximum Gasteiger partial charge on any atom is 0.222 e. The van der Waals surface area contributed by atoms with Crippen molar-refractivity contribution in [3.05, 3.63) is 36.5 Å². The van der Waals surface area contributed by atoms with E-state index >= 15 is 0 Å². The Labute approximate surface area is 148 Å². The molecule has 1 fully saturated rings. The zero-order valence-electron chi connectivity index (χ0n) is 14.8. The Morgan fingerprint density at radius 3 is 3.00 bits per heavy atom. The molecule has 25 heavy (non-hydrogen) atoms. The summed E-state index contributed by atoms with van der Waals surface area (Å²) in [6.07, 6.45) is 11.6. The van der Waals surface area contributed by atoms with Gasteiger partial charge >= 0.3 is 0 Å². The van der Waals surface area contributed by atoms with Crippen LogP contribution in [0.5, 0.6) is 0 Å². The van der Waals surface area contributed by atoms with Crippen LogP contribution in [0, 0.1) is 5.92 Å². The van der Waals surface area contributed by atoms with Gasteiger partial charge in [-0.3, -0.25) is 14.5 Å². The summed E-state index contributed by atoms with van der Waals surface area (Å²) < 4.78 is 1.87. The lowest BCUT2D eigenvalue weighted by molar-refractivity contribution is -0.133. The Morgan fingerprint density at radius 1 is 1.32 bits per heavy atom. The Bertz CT molecular complexity index is 672. The molecule has 1 aliphatic heterocycles. The van der Waals surface area contributed by atoms with Crippen LogP contribution in [-0.4, -0.2) is 50.7 Å². The number of hydrogen-bond acceptors (Lipinski definition) is 5. The maximum atomic E-state index is 12.5. The fraction of sp³-hybridized carbons (Fsp3) is 0.556. The molecule has 1 saturated heterocycles. The van der Waals surface area contributed by atoms with Crippen LogP contribution in [0.25, 0.3) is 0 Å². The third-order valence-electron chi connectivity index (χ3n) is 4.70. The van der Waals surface area contributed by atoms with Gasteiger partial charge in [-0.05, 0) is 37.7 Å². The molecule has 0 saturated carbocycles. The van der Waals surface area contributed by atoms with E-state index < -0.39 is 0 Å². The predicted molar refractivity (Wildman–Crippen MR) is 96.0 cm³/mol. The Balaban J connectivity index is 1.49. The van der Waals surface area contributed by atoms with Gasteiger partial charge in [-0.1, -0.05) is 0 Å². The number of amides is 1. The number of carbonyl (C=O) groups excluding carboxylic acids is 1. The summed E-state index contributed by atoms with van der Waals surface area (Å²) in [5.41, 5.74) is 0.989. The van der Waals surface area contributed by atoms with E-state index in [0.29, 0.717) is 12.3 Å². The van der Waals surface area contributed by atoms with Crippen LogP contribution in [0.1, 0.15) is 31.4 Å². The van der Waals surface area contributed by atoms with Crippen LogP contribution in [-0.2, 0) is 17.8 Å². The van der Waals surface area contributed by atoms with Gasteiger partial charge in [0.05, 0.1) is 5.69 Å². The molecular formula is C18H26N6O. The van der Waals surface area contributed by atoms with Crippen molar-refractivity contribution in [2.75, 3.05) is 25.5 Å². The average Bonchev–Trinajstić information content (AvgIpc) is 3.16. The molecule has 2 aromatic heterocycles. The molecule has 0 radical (unpaired) electrons. The lowest BCUT2D eigenvalue weighted by Crippen LogP contribution is -2.40. The zero-order valence-corrected chi connectivity index (χ0v) is 14.8. The van der Waals surface area contributed by atoms with E-state index in [1.807, 2.05) is 28.9 Å². The minimum Gasteiger partial charge on any atom is -0.372 e. The van der Waals surface area contributed by atoms with Gasteiger partial charge < -0.3 is 10.2 Å². The molecule has 0 aliphatic carbocycles. The summed E-state index contributed by atoms with van der Waals surface area (Å²) in [6, 6.07) is 1.91. The van der Waals surface area contributed by atoms with E-state index in [1.165, 1.54) is 0 Å². The largest absolute Gasteiger partial charge is 0.372 e. The molecule has 0 bridgehead atoms. The SMILES string of the molecule is CNc1nccnc1C[C@H]1CCCN(C(=O)CCCn2cccn2)C1. The van der Waals surface area contributed by atoms with Crippen molar-refractivity contribution >= 4 is 11.7 Å². The van der Waals surface area contributed by atoms with Crippen LogP contribution in [0.2, 0.25) is 0 Å². The van der Waals surface area contributed by atoms with Crippen molar-refractivity contribution in [2.24, 2.45) is 5.92 Å². The smallest absolute Gasteiger partial charge is 0.222 e. The molecule has 3 heterocycles. The molecule has 7 heteroatoms. The van der Waals surface area contributed by atoms with E-state index in [1.54, 1.807) is 18.6 Å². The van der Waals surface area contributed by atoms with Gasteiger partial charge in [0.2, 0.25) is 5.91 Å². The lowest BCUT2D eigenvalue weighted by Gasteiger charge is -2.33. The number of likely N-dealkylation sites (tertiary alicyclic amines) is 1. The number of nitrogens with one attached hydrogen (secondary N) is 1. The average molecular weight is 342 g/mol. The van der Waals surface area contributed by atoms with Gasteiger partial charge in [-0.25, -0.2) is 4.98 Å². The van der Waals surface area contributed by atoms with Gasteiger partial charge in [-0.2, -0.15) is 5.10 Å². The second kappa shape index (κ2) is 8.60. The molecule has 134 valence electrons. The summed E-state index contributed by atoms with van der Waals surface area (Å²) in [5.74, 6) is 1.54. The van der Waals surface area contributed by atoms with Gasteiger partial charge in [0, 0.05) is 57.9 Å². The van der Waals surface area contributed by atoms with Crippen LogP contribution in [0.15, 0.2) is 30.9 Å². The number of nitrogens with zero attached hydrogens (tertiary/aromatic N) is 5. The summed E-state index contributed by atoms with van der Waals surface area (Å²) in [6.45, 7) is 2.48. The third kappa shape index (κ3) is 4.78. The van der Waals surface area contributed by atoms with Gasteiger partial charge in [0.25, 0.3) is 0 Å². The molecule has 1 aliphatic rings. The summed E-state index contributed by atoms with van der Waals surface area (Å²) in [4.78, 5) is 23.3. The monoisotopic (exact) mass is 342 g/mol. The standard InChI is InChI=1S/C18H26N6O/c1-19-18-16(20-8-9-21-18)13-15-5-2-10-23(14-15)17(25)6-3-11-24-12-4-7-22-24/h4,7-9,12,15H,2-3,5-6,10-11,13-14H2,1H3,(H,19,21)/t15-/m1/s1. The molecule has 3 rings (SSSR count). The predicted octanol–water partition coefficient (Wildman–Crippen LogP) is 1.98. The third-order valence-corrected chi connectivity index (χ3v) is 4.70. The van der Waals surface area contributed by atoms with Gasteiger partial charge in [-0.15, -0.1) is 0 Å². The number of aromatic nitrogens is 4. The number of carbonyl (C=O) groups is 1. The van der Waals surface area contributed by atoms with Crippen molar-refractivity contribution in [3.63, 3.8) is 0 Å². The molecule has 0 spiro atoms. The molecule has 1 N–H and O–H groups in total. The van der Waals surface area contributed by atoms with E-state index in [2.05, 4.69) is 20.4 Å². The van der Waals surface area contributed by atoms with Crippen LogP contribution in [0.4, 0.5) is 5.82 Å². The van der Waals surface area contributed by atoms with E-state index in [-0.39, 0.29) is 5.91 Å². The number of hydrogen-bond donors (Lipinski definition) is 1. The fourth-order valence-corrected chi connectivity index (χ4v) is 3.44. The van der Waals surface area contributed by atoms with Crippen LogP contribution in [0.3, 0.4) is 0 Å². The van der Waals surface area contributed by atoms with E-state index in [9.17, 15) is 4.79 Å². The van der Waals surface area contributed by atoms with Gasteiger partial charge in [0.15, 0.2) is 0 Å². The Hall–Kier alpha value is -2.44. The first-order valence-electron chi connectivity index (χ1n) is 8.99. The van der Waals surface area contributed by atoms with Crippen LogP contribution < -0.4 is 5.32 Å². The topological polar surface area (TPSA) is 75.9 Å². The highest BCUT2D eigenvalue weighted by Gasteiger charge is 2.24. The maximum absolute atomic E-state index is 12.5. The molecule has 2 aromatic rings. The lowest BCUT2D eigenvalue weighted by atomic mass is 9.93. The van der Waals surface area contributed by atoms with Crippen molar-refractivity contribution in [3.8, 4) is 0 Å². The molecular weight excluding hydrogens is 316 g/mol. The number of aryl methyl sites for hydroxylation is 1. The van der Waals surface area contributed by atoms with Crippen molar-refractivity contribution in [1.29, 1.82) is 0 Å². The summed E-state index contributed by atoms with van der Waals surface area (Å²) in [5, 5.41) is 7.27.